The van der Waals surface area contributed by atoms with E-state index in [0.717, 1.165) is 6.42 Å². The van der Waals surface area contributed by atoms with Crippen LogP contribution in [0.15, 0.2) is 42.6 Å². The minimum atomic E-state index is -0.488. The Morgan fingerprint density at radius 2 is 2.11 bits per heavy atom. The first-order valence-electron chi connectivity index (χ1n) is 9.03. The van der Waals surface area contributed by atoms with Crippen LogP contribution in [-0.4, -0.2) is 34.3 Å². The second kappa shape index (κ2) is 8.62. The molecule has 1 aliphatic heterocycles. The molecule has 0 saturated carbocycles. The van der Waals surface area contributed by atoms with Gasteiger partial charge in [-0.2, -0.15) is 0 Å². The van der Waals surface area contributed by atoms with Crippen LogP contribution in [0.5, 0.6) is 11.6 Å². The van der Waals surface area contributed by atoms with Crippen LogP contribution in [-0.2, 0) is 16.1 Å². The zero-order valence-corrected chi connectivity index (χ0v) is 15.2. The Hall–Kier alpha value is -2.96. The van der Waals surface area contributed by atoms with Crippen LogP contribution < -0.4 is 10.1 Å². The quantitative estimate of drug-likeness (QED) is 0.847. The van der Waals surface area contributed by atoms with Crippen molar-refractivity contribution in [3.05, 3.63) is 54.0 Å². The summed E-state index contributed by atoms with van der Waals surface area (Å²) in [5.74, 6) is -0.402. The Morgan fingerprint density at radius 3 is 2.89 bits per heavy atom. The number of pyridine rings is 1. The molecule has 1 atom stereocenters. The number of nitrogens with zero attached hydrogens (tertiary/aromatic N) is 2. The maximum atomic E-state index is 13.8. The number of likely N-dealkylation sites (tertiary alicyclic amines) is 1. The molecule has 0 unspecified atom stereocenters. The van der Waals surface area contributed by atoms with Gasteiger partial charge in [0.05, 0.1) is 0 Å². The zero-order chi connectivity index (χ0) is 19.2. The lowest BCUT2D eigenvalue weighted by molar-refractivity contribution is -0.138. The number of hydrogen-bond acceptors (Lipinski definition) is 4. The van der Waals surface area contributed by atoms with Crippen LogP contribution in [0.1, 0.15) is 31.7 Å². The van der Waals surface area contributed by atoms with Gasteiger partial charge in [0.1, 0.15) is 6.04 Å². The van der Waals surface area contributed by atoms with Gasteiger partial charge < -0.3 is 15.0 Å². The van der Waals surface area contributed by atoms with E-state index in [2.05, 4.69) is 10.3 Å². The minimum absolute atomic E-state index is 0.0161. The van der Waals surface area contributed by atoms with Gasteiger partial charge in [-0.3, -0.25) is 9.59 Å². The van der Waals surface area contributed by atoms with Gasteiger partial charge >= 0.3 is 0 Å². The van der Waals surface area contributed by atoms with E-state index in [-0.39, 0.29) is 30.0 Å². The molecule has 7 heteroatoms. The highest BCUT2D eigenvalue weighted by Crippen LogP contribution is 2.25. The number of carbonyl (C=O) groups is 2. The first-order valence-corrected chi connectivity index (χ1v) is 9.03. The molecule has 2 aromatic rings. The summed E-state index contributed by atoms with van der Waals surface area (Å²) < 4.78 is 19.4. The fourth-order valence-electron chi connectivity index (χ4n) is 3.12. The summed E-state index contributed by atoms with van der Waals surface area (Å²) in [4.78, 5) is 30.3. The van der Waals surface area contributed by atoms with Crippen LogP contribution in [0.3, 0.4) is 0 Å². The van der Waals surface area contributed by atoms with E-state index in [4.69, 9.17) is 4.74 Å². The molecule has 27 heavy (non-hydrogen) atoms. The highest BCUT2D eigenvalue weighted by molar-refractivity contribution is 5.88. The van der Waals surface area contributed by atoms with Crippen molar-refractivity contribution in [2.24, 2.45) is 0 Å². The molecule has 1 aliphatic rings. The van der Waals surface area contributed by atoms with Crippen molar-refractivity contribution < 1.29 is 18.7 Å². The SMILES string of the molecule is CCC(=O)N1CCC[C@H]1C(=O)NCc1cccnc1Oc1ccccc1F. The molecule has 6 nitrogen and oxygen atoms in total. The van der Waals surface area contributed by atoms with Crippen LogP contribution >= 0.6 is 0 Å². The molecule has 0 spiro atoms. The van der Waals surface area contributed by atoms with Crippen molar-refractivity contribution in [2.75, 3.05) is 6.54 Å². The summed E-state index contributed by atoms with van der Waals surface area (Å²) in [5.41, 5.74) is 0.625. The third-order valence-corrected chi connectivity index (χ3v) is 4.52. The number of rotatable bonds is 6. The van der Waals surface area contributed by atoms with E-state index in [1.165, 1.54) is 12.1 Å². The number of nitrogens with one attached hydrogen (secondary N) is 1. The van der Waals surface area contributed by atoms with Gasteiger partial charge in [-0.1, -0.05) is 25.1 Å². The zero-order valence-electron chi connectivity index (χ0n) is 15.2. The third kappa shape index (κ3) is 4.42. The molecule has 142 valence electrons. The molecule has 3 rings (SSSR count). The Morgan fingerprint density at radius 1 is 1.30 bits per heavy atom. The predicted molar refractivity (Wildman–Crippen MR) is 97.6 cm³/mol. The fraction of sp³-hybridized carbons (Fsp3) is 0.350. The normalized spacial score (nSPS) is 16.2. The maximum Gasteiger partial charge on any atom is 0.243 e. The molecule has 0 radical (unpaired) electrons. The lowest BCUT2D eigenvalue weighted by atomic mass is 10.2. The van der Waals surface area contributed by atoms with E-state index in [9.17, 15) is 14.0 Å². The van der Waals surface area contributed by atoms with Crippen LogP contribution in [0.4, 0.5) is 4.39 Å². The monoisotopic (exact) mass is 371 g/mol. The molecule has 1 fully saturated rings. The van der Waals surface area contributed by atoms with E-state index >= 15 is 0 Å². The number of carbonyl (C=O) groups excluding carboxylic acids is 2. The lowest BCUT2D eigenvalue weighted by Crippen LogP contribution is -2.45. The lowest BCUT2D eigenvalue weighted by Gasteiger charge is -2.23. The van der Waals surface area contributed by atoms with Crippen molar-refractivity contribution >= 4 is 11.8 Å². The van der Waals surface area contributed by atoms with Crippen molar-refractivity contribution in [1.29, 1.82) is 0 Å². The van der Waals surface area contributed by atoms with Gasteiger partial charge in [0.15, 0.2) is 11.6 Å². The van der Waals surface area contributed by atoms with Gasteiger partial charge in [0.2, 0.25) is 17.7 Å². The summed E-state index contributed by atoms with van der Waals surface area (Å²) in [6.07, 6.45) is 3.40. The number of halogens is 1. The molecule has 2 heterocycles. The van der Waals surface area contributed by atoms with E-state index in [1.807, 2.05) is 0 Å². The van der Waals surface area contributed by atoms with Crippen molar-refractivity contribution in [1.82, 2.24) is 15.2 Å². The highest BCUT2D eigenvalue weighted by Gasteiger charge is 2.33. The molecule has 1 aromatic carbocycles. The summed E-state index contributed by atoms with van der Waals surface area (Å²) in [6.45, 7) is 2.58. The average molecular weight is 371 g/mol. The predicted octanol–water partition coefficient (Wildman–Crippen LogP) is 3.03. The molecule has 1 N–H and O–H groups in total. The molecule has 2 amide bonds. The van der Waals surface area contributed by atoms with Gasteiger partial charge in [-0.25, -0.2) is 9.37 Å². The maximum absolute atomic E-state index is 13.8. The summed E-state index contributed by atoms with van der Waals surface area (Å²) in [7, 11) is 0. The smallest absolute Gasteiger partial charge is 0.243 e. The summed E-state index contributed by atoms with van der Waals surface area (Å²) in [6, 6.07) is 9.10. The van der Waals surface area contributed by atoms with Crippen LogP contribution in [0, 0.1) is 5.82 Å². The summed E-state index contributed by atoms with van der Waals surface area (Å²) in [5, 5.41) is 2.84. The molecule has 0 aliphatic carbocycles. The molecular weight excluding hydrogens is 349 g/mol. The van der Waals surface area contributed by atoms with E-state index in [0.29, 0.717) is 24.9 Å². The van der Waals surface area contributed by atoms with Gasteiger partial charge in [-0.15, -0.1) is 0 Å². The number of amides is 2. The van der Waals surface area contributed by atoms with Crippen molar-refractivity contribution in [2.45, 2.75) is 38.8 Å². The molecule has 1 saturated heterocycles. The number of ether oxygens (including phenoxy) is 1. The largest absolute Gasteiger partial charge is 0.436 e. The Bertz CT molecular complexity index is 828. The van der Waals surface area contributed by atoms with E-state index in [1.54, 1.807) is 42.3 Å². The molecule has 1 aromatic heterocycles. The Balaban J connectivity index is 1.67. The number of benzene rings is 1. The highest BCUT2D eigenvalue weighted by atomic mass is 19.1. The Labute approximate surface area is 157 Å². The van der Waals surface area contributed by atoms with Crippen LogP contribution in [0.25, 0.3) is 0 Å². The van der Waals surface area contributed by atoms with Gasteiger partial charge in [0.25, 0.3) is 0 Å². The van der Waals surface area contributed by atoms with E-state index < -0.39 is 11.9 Å². The van der Waals surface area contributed by atoms with Gasteiger partial charge in [0, 0.05) is 31.3 Å². The van der Waals surface area contributed by atoms with Crippen molar-refractivity contribution in [3.63, 3.8) is 0 Å². The fourth-order valence-corrected chi connectivity index (χ4v) is 3.12. The first-order chi connectivity index (χ1) is 13.1. The standard InChI is InChI=1S/C20H22FN3O3/c1-2-18(25)24-12-6-9-16(24)19(26)23-13-14-7-5-11-22-20(14)27-17-10-4-3-8-15(17)21/h3-5,7-8,10-11,16H,2,6,9,12-13H2,1H3,(H,23,26)/t16-/m0/s1. The molecule has 0 bridgehead atoms. The topological polar surface area (TPSA) is 71.5 Å². The number of para-hydroxylation sites is 1. The minimum Gasteiger partial charge on any atom is -0.436 e. The second-order valence-electron chi connectivity index (χ2n) is 6.32. The van der Waals surface area contributed by atoms with Crippen LogP contribution in [0.2, 0.25) is 0 Å². The average Bonchev–Trinajstić information content (AvgIpc) is 3.18. The Kier molecular flexibility index (Phi) is 6.01. The number of aromatic nitrogens is 1. The van der Waals surface area contributed by atoms with Crippen molar-refractivity contribution in [3.8, 4) is 11.6 Å². The second-order valence-corrected chi connectivity index (χ2v) is 6.32. The molecular formula is C20H22FN3O3. The number of hydrogen-bond donors (Lipinski definition) is 1. The third-order valence-electron chi connectivity index (χ3n) is 4.52. The summed E-state index contributed by atoms with van der Waals surface area (Å²) >= 11 is 0. The van der Waals surface area contributed by atoms with Gasteiger partial charge in [-0.05, 0) is 31.0 Å². The first kappa shape index (κ1) is 18.8.